The van der Waals surface area contributed by atoms with Gasteiger partial charge in [-0.05, 0) is 45.4 Å². The molecule has 118 valence electrons. The van der Waals surface area contributed by atoms with Crippen LogP contribution in [0.15, 0.2) is 12.1 Å². The molecule has 1 saturated heterocycles. The number of aliphatic hydroxyl groups excluding tert-OH is 1. The van der Waals surface area contributed by atoms with Crippen LogP contribution in [0, 0.1) is 6.92 Å². The number of hydrogen-bond donors (Lipinski definition) is 2. The smallest absolute Gasteiger partial charge is 0.138 e. The Hall–Kier alpha value is -1.17. The number of likely N-dealkylation sites (tertiary alicyclic amines) is 1. The number of aryl methyl sites for hydroxylation is 1. The van der Waals surface area contributed by atoms with Gasteiger partial charge in [0.05, 0.1) is 5.69 Å². The average Bonchev–Trinajstić information content (AvgIpc) is 2.49. The van der Waals surface area contributed by atoms with Gasteiger partial charge in [-0.25, -0.2) is 0 Å². The molecule has 0 bridgehead atoms. The van der Waals surface area contributed by atoms with Gasteiger partial charge in [0.15, 0.2) is 0 Å². The van der Waals surface area contributed by atoms with Gasteiger partial charge in [-0.3, -0.25) is 9.88 Å². The first kappa shape index (κ1) is 16.2. The second-order valence-electron chi connectivity index (χ2n) is 5.98. The zero-order chi connectivity index (χ0) is 15.2. The van der Waals surface area contributed by atoms with E-state index in [0.717, 1.165) is 56.8 Å². The summed E-state index contributed by atoms with van der Waals surface area (Å²) >= 11 is 0. The van der Waals surface area contributed by atoms with E-state index in [4.69, 9.17) is 5.11 Å². The Balaban J connectivity index is 1.82. The molecule has 1 fully saturated rings. The fraction of sp³-hybridized carbons (Fsp3) is 0.688. The highest BCUT2D eigenvalue weighted by molar-refractivity contribution is 5.27. The Bertz CT molecular complexity index is 445. The van der Waals surface area contributed by atoms with Gasteiger partial charge in [-0.2, -0.15) is 0 Å². The van der Waals surface area contributed by atoms with Crippen molar-refractivity contribution in [2.75, 3.05) is 33.3 Å². The molecule has 0 amide bonds. The minimum absolute atomic E-state index is 0.265. The number of pyridine rings is 1. The molecule has 0 aliphatic carbocycles. The van der Waals surface area contributed by atoms with Crippen molar-refractivity contribution in [3.63, 3.8) is 0 Å². The Labute approximate surface area is 127 Å². The largest absolute Gasteiger partial charge is 0.506 e. The number of piperidine rings is 1. The molecule has 2 N–H and O–H groups in total. The average molecular weight is 293 g/mol. The van der Waals surface area contributed by atoms with Gasteiger partial charge >= 0.3 is 0 Å². The number of aliphatic hydroxyl groups is 1. The number of aromatic nitrogens is 1. The van der Waals surface area contributed by atoms with E-state index in [1.807, 2.05) is 13.0 Å². The van der Waals surface area contributed by atoms with Gasteiger partial charge in [0.1, 0.15) is 5.75 Å². The summed E-state index contributed by atoms with van der Waals surface area (Å²) < 4.78 is 0. The van der Waals surface area contributed by atoms with Crippen molar-refractivity contribution >= 4 is 0 Å². The lowest BCUT2D eigenvalue weighted by Crippen LogP contribution is -2.43. The molecule has 0 saturated carbocycles. The van der Waals surface area contributed by atoms with Crippen molar-refractivity contribution in [1.29, 1.82) is 0 Å². The number of nitrogens with zero attached hydrogens (tertiary/aromatic N) is 3. The maximum atomic E-state index is 9.88. The third-order valence-corrected chi connectivity index (χ3v) is 4.31. The second-order valence-corrected chi connectivity index (χ2v) is 5.98. The van der Waals surface area contributed by atoms with Gasteiger partial charge in [0.25, 0.3) is 0 Å². The van der Waals surface area contributed by atoms with Gasteiger partial charge < -0.3 is 15.1 Å². The number of hydrogen-bond acceptors (Lipinski definition) is 5. The highest BCUT2D eigenvalue weighted by Gasteiger charge is 2.23. The maximum absolute atomic E-state index is 9.88. The lowest BCUT2D eigenvalue weighted by Gasteiger charge is -2.36. The van der Waals surface area contributed by atoms with Crippen LogP contribution >= 0.6 is 0 Å². The van der Waals surface area contributed by atoms with Gasteiger partial charge in [-0.1, -0.05) is 0 Å². The molecule has 1 aliphatic heterocycles. The van der Waals surface area contributed by atoms with E-state index >= 15 is 0 Å². The van der Waals surface area contributed by atoms with Gasteiger partial charge in [0.2, 0.25) is 0 Å². The third-order valence-electron chi connectivity index (χ3n) is 4.31. The molecule has 0 aromatic carbocycles. The van der Waals surface area contributed by atoms with Crippen molar-refractivity contribution in [3.8, 4) is 5.75 Å². The van der Waals surface area contributed by atoms with Crippen LogP contribution in [-0.2, 0) is 6.54 Å². The van der Waals surface area contributed by atoms with Crippen molar-refractivity contribution in [1.82, 2.24) is 14.8 Å². The van der Waals surface area contributed by atoms with Crippen LogP contribution < -0.4 is 0 Å². The van der Waals surface area contributed by atoms with Crippen LogP contribution in [0.1, 0.15) is 30.7 Å². The molecular weight excluding hydrogens is 266 g/mol. The van der Waals surface area contributed by atoms with Crippen LogP contribution in [0.5, 0.6) is 5.75 Å². The summed E-state index contributed by atoms with van der Waals surface area (Å²) in [5, 5.41) is 18.8. The molecule has 5 heteroatoms. The standard InChI is InChI=1S/C16H27N3O2/c1-13-4-5-16(21)15(17-13)12-19-9-6-14(7-10-19)18(2)8-3-11-20/h4-5,14,20-21H,3,6-12H2,1-2H3. The summed E-state index contributed by atoms with van der Waals surface area (Å²) in [6, 6.07) is 4.17. The summed E-state index contributed by atoms with van der Waals surface area (Å²) in [5.74, 6) is 0.294. The van der Waals surface area contributed by atoms with Crippen molar-refractivity contribution in [2.24, 2.45) is 0 Å². The Morgan fingerprint density at radius 3 is 2.71 bits per heavy atom. The minimum atomic E-state index is 0.265. The molecule has 5 nitrogen and oxygen atoms in total. The van der Waals surface area contributed by atoms with Crippen molar-refractivity contribution in [3.05, 3.63) is 23.5 Å². The monoisotopic (exact) mass is 293 g/mol. The molecule has 21 heavy (non-hydrogen) atoms. The summed E-state index contributed by atoms with van der Waals surface area (Å²) in [4.78, 5) is 9.15. The summed E-state index contributed by atoms with van der Waals surface area (Å²) in [6.07, 6.45) is 3.11. The zero-order valence-corrected chi connectivity index (χ0v) is 13.1. The van der Waals surface area contributed by atoms with E-state index < -0.39 is 0 Å². The first-order valence-corrected chi connectivity index (χ1v) is 7.79. The maximum Gasteiger partial charge on any atom is 0.138 e. The normalized spacial score (nSPS) is 17.5. The van der Waals surface area contributed by atoms with Gasteiger partial charge in [-0.15, -0.1) is 0 Å². The highest BCUT2D eigenvalue weighted by Crippen LogP contribution is 2.21. The molecule has 0 spiro atoms. The fourth-order valence-electron chi connectivity index (χ4n) is 2.95. The Morgan fingerprint density at radius 2 is 2.05 bits per heavy atom. The van der Waals surface area contributed by atoms with Crippen LogP contribution in [0.4, 0.5) is 0 Å². The lowest BCUT2D eigenvalue weighted by molar-refractivity contribution is 0.116. The highest BCUT2D eigenvalue weighted by atomic mass is 16.3. The van der Waals surface area contributed by atoms with E-state index in [1.165, 1.54) is 0 Å². The molecule has 2 heterocycles. The van der Waals surface area contributed by atoms with Crippen LogP contribution in [0.3, 0.4) is 0 Å². The minimum Gasteiger partial charge on any atom is -0.506 e. The van der Waals surface area contributed by atoms with E-state index in [9.17, 15) is 5.11 Å². The zero-order valence-electron chi connectivity index (χ0n) is 13.1. The molecule has 1 aromatic rings. The number of aromatic hydroxyl groups is 1. The molecule has 0 radical (unpaired) electrons. The van der Waals surface area contributed by atoms with Crippen LogP contribution in [-0.4, -0.2) is 64.3 Å². The topological polar surface area (TPSA) is 59.8 Å². The second kappa shape index (κ2) is 7.73. The number of rotatable bonds is 6. The predicted octanol–water partition coefficient (Wildman–Crippen LogP) is 1.37. The summed E-state index contributed by atoms with van der Waals surface area (Å²) in [7, 11) is 2.14. The van der Waals surface area contributed by atoms with E-state index in [-0.39, 0.29) is 6.61 Å². The predicted molar refractivity (Wildman–Crippen MR) is 83.3 cm³/mol. The van der Waals surface area contributed by atoms with Crippen molar-refractivity contribution in [2.45, 2.75) is 38.8 Å². The Kier molecular flexibility index (Phi) is 5.96. The quantitative estimate of drug-likeness (QED) is 0.829. The molecule has 1 aliphatic rings. The molecule has 1 aromatic heterocycles. The van der Waals surface area contributed by atoms with E-state index in [1.54, 1.807) is 6.07 Å². The molecule has 0 atom stereocenters. The van der Waals surface area contributed by atoms with E-state index in [2.05, 4.69) is 21.8 Å². The Morgan fingerprint density at radius 1 is 1.33 bits per heavy atom. The lowest BCUT2D eigenvalue weighted by atomic mass is 10.0. The van der Waals surface area contributed by atoms with Gasteiger partial charge in [0, 0.05) is 44.5 Å². The van der Waals surface area contributed by atoms with Crippen molar-refractivity contribution < 1.29 is 10.2 Å². The first-order valence-electron chi connectivity index (χ1n) is 7.79. The van der Waals surface area contributed by atoms with Crippen LogP contribution in [0.25, 0.3) is 0 Å². The summed E-state index contributed by atoms with van der Waals surface area (Å²) in [6.45, 7) is 5.96. The first-order chi connectivity index (χ1) is 10.1. The molecular formula is C16H27N3O2. The third kappa shape index (κ3) is 4.66. The molecule has 0 unspecified atom stereocenters. The molecule has 2 rings (SSSR count). The summed E-state index contributed by atoms with van der Waals surface area (Å²) in [5.41, 5.74) is 1.73. The fourth-order valence-corrected chi connectivity index (χ4v) is 2.95. The SMILES string of the molecule is Cc1ccc(O)c(CN2CCC(N(C)CCCO)CC2)n1. The van der Waals surface area contributed by atoms with Crippen LogP contribution in [0.2, 0.25) is 0 Å². The van der Waals surface area contributed by atoms with E-state index in [0.29, 0.717) is 11.8 Å².